The maximum Gasteiger partial charge on any atom is 0.127 e. The molecular weight excluding hydrogens is 378 g/mol. The van der Waals surface area contributed by atoms with E-state index in [0.29, 0.717) is 13.2 Å². The van der Waals surface area contributed by atoms with E-state index < -0.39 is 0 Å². The molecule has 0 radical (unpaired) electrons. The van der Waals surface area contributed by atoms with Crippen molar-refractivity contribution < 1.29 is 18.9 Å². The van der Waals surface area contributed by atoms with Crippen LogP contribution in [0.1, 0.15) is 76.7 Å². The van der Waals surface area contributed by atoms with Gasteiger partial charge in [0.2, 0.25) is 0 Å². The predicted octanol–water partition coefficient (Wildman–Crippen LogP) is 5.25. The molecule has 1 aromatic rings. The molecular formula is C25H41NO4. The van der Waals surface area contributed by atoms with Gasteiger partial charge in [-0.05, 0) is 44.7 Å². The van der Waals surface area contributed by atoms with Crippen molar-refractivity contribution in [2.24, 2.45) is 0 Å². The maximum atomic E-state index is 6.18. The summed E-state index contributed by atoms with van der Waals surface area (Å²) in [7, 11) is 0. The fourth-order valence-electron chi connectivity index (χ4n) is 4.08. The van der Waals surface area contributed by atoms with Crippen molar-refractivity contribution in [3.05, 3.63) is 23.8 Å². The average molecular weight is 420 g/mol. The molecule has 3 rings (SSSR count). The SMILES string of the molecule is CCCCCCCCNCc1ccc(OCC2CCCO2)cc1OCC1CCCO1. The van der Waals surface area contributed by atoms with E-state index in [4.69, 9.17) is 18.9 Å². The van der Waals surface area contributed by atoms with E-state index in [1.807, 2.05) is 6.07 Å². The van der Waals surface area contributed by atoms with Crippen molar-refractivity contribution in [1.82, 2.24) is 5.32 Å². The highest BCUT2D eigenvalue weighted by molar-refractivity contribution is 5.40. The van der Waals surface area contributed by atoms with E-state index in [9.17, 15) is 0 Å². The first-order valence-electron chi connectivity index (χ1n) is 12.2. The van der Waals surface area contributed by atoms with Crippen molar-refractivity contribution >= 4 is 0 Å². The molecule has 170 valence electrons. The molecule has 5 heteroatoms. The summed E-state index contributed by atoms with van der Waals surface area (Å²) < 4.78 is 23.6. The summed E-state index contributed by atoms with van der Waals surface area (Å²) in [4.78, 5) is 0. The predicted molar refractivity (Wildman–Crippen MR) is 120 cm³/mol. The summed E-state index contributed by atoms with van der Waals surface area (Å²) in [6, 6.07) is 6.21. The maximum absolute atomic E-state index is 6.18. The largest absolute Gasteiger partial charge is 0.491 e. The lowest BCUT2D eigenvalue weighted by Gasteiger charge is -2.17. The van der Waals surface area contributed by atoms with Crippen LogP contribution >= 0.6 is 0 Å². The van der Waals surface area contributed by atoms with Gasteiger partial charge in [0, 0.05) is 31.4 Å². The number of unbranched alkanes of at least 4 members (excludes halogenated alkanes) is 5. The summed E-state index contributed by atoms with van der Waals surface area (Å²) >= 11 is 0. The summed E-state index contributed by atoms with van der Waals surface area (Å²) in [6.45, 7) is 7.06. The van der Waals surface area contributed by atoms with Crippen LogP contribution in [0.25, 0.3) is 0 Å². The minimum atomic E-state index is 0.213. The van der Waals surface area contributed by atoms with E-state index >= 15 is 0 Å². The number of ether oxygens (including phenoxy) is 4. The van der Waals surface area contributed by atoms with Gasteiger partial charge in [0.1, 0.15) is 24.7 Å². The monoisotopic (exact) mass is 419 g/mol. The van der Waals surface area contributed by atoms with Crippen LogP contribution in [-0.2, 0) is 16.0 Å². The van der Waals surface area contributed by atoms with Gasteiger partial charge in [0.05, 0.1) is 12.2 Å². The first-order valence-corrected chi connectivity index (χ1v) is 12.2. The van der Waals surface area contributed by atoms with Gasteiger partial charge in [0.15, 0.2) is 0 Å². The van der Waals surface area contributed by atoms with E-state index in [1.165, 1.54) is 44.1 Å². The van der Waals surface area contributed by atoms with E-state index in [2.05, 4.69) is 24.4 Å². The first kappa shape index (κ1) is 23.4. The minimum absolute atomic E-state index is 0.213. The molecule has 2 heterocycles. The highest BCUT2D eigenvalue weighted by atomic mass is 16.5. The molecule has 0 aliphatic carbocycles. The zero-order chi connectivity index (χ0) is 20.9. The molecule has 2 aliphatic heterocycles. The highest BCUT2D eigenvalue weighted by Gasteiger charge is 2.18. The molecule has 2 fully saturated rings. The molecule has 1 N–H and O–H groups in total. The normalized spacial score (nSPS) is 21.2. The molecule has 2 saturated heterocycles. The van der Waals surface area contributed by atoms with Crippen LogP contribution in [0, 0.1) is 0 Å². The zero-order valence-corrected chi connectivity index (χ0v) is 18.8. The average Bonchev–Trinajstić information content (AvgIpc) is 3.47. The van der Waals surface area contributed by atoms with E-state index in [-0.39, 0.29) is 12.2 Å². The van der Waals surface area contributed by atoms with Gasteiger partial charge in [-0.1, -0.05) is 45.1 Å². The Bertz CT molecular complexity index is 583. The van der Waals surface area contributed by atoms with Crippen molar-refractivity contribution in [2.45, 2.75) is 89.9 Å². The molecule has 2 aliphatic rings. The Morgan fingerprint density at radius 3 is 2.30 bits per heavy atom. The Labute approximate surface area is 182 Å². The number of benzene rings is 1. The summed E-state index contributed by atoms with van der Waals surface area (Å²) in [5.41, 5.74) is 1.18. The Hall–Kier alpha value is -1.30. The van der Waals surface area contributed by atoms with Gasteiger partial charge in [-0.15, -0.1) is 0 Å². The van der Waals surface area contributed by atoms with Gasteiger partial charge in [-0.25, -0.2) is 0 Å². The molecule has 0 saturated carbocycles. The molecule has 1 aromatic carbocycles. The fraction of sp³-hybridized carbons (Fsp3) is 0.760. The number of hydrogen-bond donors (Lipinski definition) is 1. The molecule has 0 bridgehead atoms. The van der Waals surface area contributed by atoms with Crippen LogP contribution < -0.4 is 14.8 Å². The third kappa shape index (κ3) is 8.44. The van der Waals surface area contributed by atoms with Crippen molar-refractivity contribution in [3.8, 4) is 11.5 Å². The van der Waals surface area contributed by atoms with Crippen LogP contribution in [0.4, 0.5) is 0 Å². The van der Waals surface area contributed by atoms with Gasteiger partial charge in [-0.3, -0.25) is 0 Å². The molecule has 0 spiro atoms. The minimum Gasteiger partial charge on any atom is -0.491 e. The van der Waals surface area contributed by atoms with Gasteiger partial charge in [0.25, 0.3) is 0 Å². The Morgan fingerprint density at radius 2 is 1.60 bits per heavy atom. The molecule has 0 amide bonds. The lowest BCUT2D eigenvalue weighted by Crippen LogP contribution is -2.19. The second kappa shape index (κ2) is 13.9. The fourth-order valence-corrected chi connectivity index (χ4v) is 4.08. The van der Waals surface area contributed by atoms with Crippen LogP contribution in [0.15, 0.2) is 18.2 Å². The van der Waals surface area contributed by atoms with Crippen LogP contribution in [0.5, 0.6) is 11.5 Å². The van der Waals surface area contributed by atoms with Crippen molar-refractivity contribution in [1.29, 1.82) is 0 Å². The number of nitrogens with one attached hydrogen (secondary N) is 1. The third-order valence-corrected chi connectivity index (χ3v) is 5.97. The Kier molecular flexibility index (Phi) is 10.8. The van der Waals surface area contributed by atoms with Gasteiger partial charge < -0.3 is 24.3 Å². The van der Waals surface area contributed by atoms with Gasteiger partial charge >= 0.3 is 0 Å². The number of rotatable bonds is 15. The van der Waals surface area contributed by atoms with E-state index in [0.717, 1.165) is 63.5 Å². The lowest BCUT2D eigenvalue weighted by atomic mass is 10.1. The number of hydrogen-bond acceptors (Lipinski definition) is 5. The summed E-state index contributed by atoms with van der Waals surface area (Å²) in [6.07, 6.45) is 12.8. The van der Waals surface area contributed by atoms with Gasteiger partial charge in [-0.2, -0.15) is 0 Å². The second-order valence-electron chi connectivity index (χ2n) is 8.61. The van der Waals surface area contributed by atoms with E-state index in [1.54, 1.807) is 0 Å². The van der Waals surface area contributed by atoms with Crippen LogP contribution in [0.3, 0.4) is 0 Å². The molecule has 30 heavy (non-hydrogen) atoms. The molecule has 5 nitrogen and oxygen atoms in total. The summed E-state index contributed by atoms with van der Waals surface area (Å²) in [5, 5.41) is 3.59. The molecule has 2 unspecified atom stereocenters. The molecule has 2 atom stereocenters. The zero-order valence-electron chi connectivity index (χ0n) is 18.8. The standard InChI is InChI=1S/C25H41NO4/c1-2-3-4-5-6-7-14-26-18-21-12-13-22(29-19-23-10-8-15-27-23)17-25(21)30-20-24-11-9-16-28-24/h12-13,17,23-24,26H,2-11,14-16,18-20H2,1H3. The Morgan fingerprint density at radius 1 is 0.900 bits per heavy atom. The quantitative estimate of drug-likeness (QED) is 0.393. The Balaban J connectivity index is 1.46. The van der Waals surface area contributed by atoms with Crippen molar-refractivity contribution in [3.63, 3.8) is 0 Å². The smallest absolute Gasteiger partial charge is 0.127 e. The van der Waals surface area contributed by atoms with Crippen molar-refractivity contribution in [2.75, 3.05) is 33.0 Å². The molecule has 0 aromatic heterocycles. The second-order valence-corrected chi connectivity index (χ2v) is 8.61. The first-order chi connectivity index (χ1) is 14.8. The van der Waals surface area contributed by atoms with Crippen LogP contribution in [-0.4, -0.2) is 45.2 Å². The lowest BCUT2D eigenvalue weighted by molar-refractivity contribution is 0.0652. The van der Waals surface area contributed by atoms with Crippen LogP contribution in [0.2, 0.25) is 0 Å². The topological polar surface area (TPSA) is 49.0 Å². The summed E-state index contributed by atoms with van der Waals surface area (Å²) in [5.74, 6) is 1.76. The third-order valence-electron chi connectivity index (χ3n) is 5.97. The highest BCUT2D eigenvalue weighted by Crippen LogP contribution is 2.27.